The molecule has 0 radical (unpaired) electrons. The van der Waals surface area contributed by atoms with Gasteiger partial charge >= 0.3 is 0 Å². The van der Waals surface area contributed by atoms with Gasteiger partial charge in [-0.05, 0) is 62.9 Å². The van der Waals surface area contributed by atoms with Gasteiger partial charge in [-0.1, -0.05) is 28.9 Å². The van der Waals surface area contributed by atoms with Gasteiger partial charge < -0.3 is 9.42 Å². The van der Waals surface area contributed by atoms with Crippen molar-refractivity contribution in [2.24, 2.45) is 0 Å². The average molecular weight is 428 g/mol. The zero-order valence-electron chi connectivity index (χ0n) is 18.3. The van der Waals surface area contributed by atoms with Crippen molar-refractivity contribution in [2.75, 3.05) is 6.54 Å². The number of benzene rings is 2. The summed E-state index contributed by atoms with van der Waals surface area (Å²) in [5.74, 6) is 0.942. The van der Waals surface area contributed by atoms with Crippen LogP contribution in [0, 0.1) is 20.8 Å². The second-order valence-electron chi connectivity index (χ2n) is 8.20. The quantitative estimate of drug-likeness (QED) is 0.483. The lowest BCUT2D eigenvalue weighted by Crippen LogP contribution is -2.32. The molecule has 5 rings (SSSR count). The molecule has 4 aromatic rings. The zero-order valence-corrected chi connectivity index (χ0v) is 18.3. The summed E-state index contributed by atoms with van der Waals surface area (Å²) in [6, 6.07) is 11.5. The number of aromatic nitrogens is 5. The molecule has 1 fully saturated rings. The molecule has 0 aliphatic carbocycles. The molecule has 0 bridgehead atoms. The normalized spacial score (nSPS) is 16.0. The van der Waals surface area contributed by atoms with E-state index in [1.165, 1.54) is 10.4 Å². The predicted molar refractivity (Wildman–Crippen MR) is 118 cm³/mol. The third-order valence-corrected chi connectivity index (χ3v) is 6.11. The molecule has 2 aromatic carbocycles. The minimum Gasteiger partial charge on any atom is -0.334 e. The summed E-state index contributed by atoms with van der Waals surface area (Å²) in [6.07, 6.45) is 4.87. The Morgan fingerprint density at radius 2 is 1.91 bits per heavy atom. The molecule has 1 saturated heterocycles. The van der Waals surface area contributed by atoms with Gasteiger partial charge in [0, 0.05) is 12.1 Å². The van der Waals surface area contributed by atoms with E-state index < -0.39 is 0 Å². The van der Waals surface area contributed by atoms with Crippen molar-refractivity contribution < 1.29 is 9.32 Å². The molecule has 0 N–H and O–H groups in total. The first-order valence-corrected chi connectivity index (χ1v) is 10.7. The smallest absolute Gasteiger partial charge is 0.258 e. The SMILES string of the molecule is Cc1ccc(-n2nccn2)c(C(=O)N2CCC[C@H]2c2noc(-c3cccc(C)c3C)n2)c1. The van der Waals surface area contributed by atoms with E-state index in [2.05, 4.69) is 33.3 Å². The van der Waals surface area contributed by atoms with Gasteiger partial charge in [-0.3, -0.25) is 4.79 Å². The van der Waals surface area contributed by atoms with Crippen LogP contribution < -0.4 is 0 Å². The summed E-state index contributed by atoms with van der Waals surface area (Å²) in [7, 11) is 0. The number of rotatable bonds is 4. The number of nitrogens with zero attached hydrogens (tertiary/aromatic N) is 6. The van der Waals surface area contributed by atoms with Crippen molar-refractivity contribution >= 4 is 5.91 Å². The summed E-state index contributed by atoms with van der Waals surface area (Å²) in [6.45, 7) is 6.70. The molecule has 0 saturated carbocycles. The van der Waals surface area contributed by atoms with Gasteiger partial charge in [-0.25, -0.2) is 0 Å². The molecule has 0 unspecified atom stereocenters. The molecule has 1 aliphatic heterocycles. The highest BCUT2D eigenvalue weighted by atomic mass is 16.5. The average Bonchev–Trinajstić information content (AvgIpc) is 3.56. The molecule has 32 heavy (non-hydrogen) atoms. The number of likely N-dealkylation sites (tertiary alicyclic amines) is 1. The fraction of sp³-hybridized carbons (Fsp3) is 0.292. The summed E-state index contributed by atoms with van der Waals surface area (Å²) >= 11 is 0. The maximum absolute atomic E-state index is 13.6. The number of amides is 1. The summed E-state index contributed by atoms with van der Waals surface area (Å²) in [4.78, 5) is 21.6. The van der Waals surface area contributed by atoms with Crippen LogP contribution in [0.15, 0.2) is 53.3 Å². The van der Waals surface area contributed by atoms with Crippen LogP contribution in [-0.4, -0.2) is 42.5 Å². The molecule has 1 amide bonds. The Morgan fingerprint density at radius 1 is 1.09 bits per heavy atom. The molecule has 1 atom stereocenters. The Kier molecular flexibility index (Phi) is 5.05. The third-order valence-electron chi connectivity index (χ3n) is 6.11. The van der Waals surface area contributed by atoms with Gasteiger partial charge in [0.05, 0.1) is 29.7 Å². The summed E-state index contributed by atoms with van der Waals surface area (Å²) in [5, 5.41) is 12.7. The third kappa shape index (κ3) is 3.47. The minimum atomic E-state index is -0.232. The van der Waals surface area contributed by atoms with Crippen molar-refractivity contribution in [1.29, 1.82) is 0 Å². The van der Waals surface area contributed by atoms with E-state index in [9.17, 15) is 4.79 Å². The van der Waals surface area contributed by atoms with Crippen LogP contribution in [0.4, 0.5) is 0 Å². The van der Waals surface area contributed by atoms with Crippen LogP contribution in [0.1, 0.15) is 51.8 Å². The number of aryl methyl sites for hydroxylation is 2. The van der Waals surface area contributed by atoms with Crippen LogP contribution in [0.5, 0.6) is 0 Å². The molecule has 8 heteroatoms. The van der Waals surface area contributed by atoms with Crippen LogP contribution in [-0.2, 0) is 0 Å². The highest BCUT2D eigenvalue weighted by molar-refractivity contribution is 5.98. The Labute approximate surface area is 185 Å². The van der Waals surface area contributed by atoms with Gasteiger partial charge in [0.2, 0.25) is 0 Å². The van der Waals surface area contributed by atoms with Crippen molar-refractivity contribution in [3.05, 3.63) is 76.9 Å². The van der Waals surface area contributed by atoms with E-state index in [0.717, 1.165) is 29.5 Å². The topological polar surface area (TPSA) is 89.9 Å². The van der Waals surface area contributed by atoms with Crippen LogP contribution in [0.2, 0.25) is 0 Å². The van der Waals surface area contributed by atoms with Gasteiger partial charge in [0.15, 0.2) is 5.82 Å². The monoisotopic (exact) mass is 428 g/mol. The van der Waals surface area contributed by atoms with Gasteiger partial charge in [-0.2, -0.15) is 20.0 Å². The lowest BCUT2D eigenvalue weighted by Gasteiger charge is -2.23. The van der Waals surface area contributed by atoms with E-state index in [1.807, 2.05) is 49.1 Å². The maximum atomic E-state index is 13.6. The number of hydrogen-bond acceptors (Lipinski definition) is 6. The second-order valence-corrected chi connectivity index (χ2v) is 8.20. The maximum Gasteiger partial charge on any atom is 0.258 e. The fourth-order valence-electron chi connectivity index (χ4n) is 4.23. The van der Waals surface area contributed by atoms with Gasteiger partial charge in [0.25, 0.3) is 11.8 Å². The Bertz CT molecular complexity index is 1280. The molecular weight excluding hydrogens is 404 g/mol. The van der Waals surface area contributed by atoms with Crippen LogP contribution in [0.3, 0.4) is 0 Å². The van der Waals surface area contributed by atoms with Crippen LogP contribution >= 0.6 is 0 Å². The van der Waals surface area contributed by atoms with E-state index in [1.54, 1.807) is 12.4 Å². The molecule has 0 spiro atoms. The van der Waals surface area contributed by atoms with Gasteiger partial charge in [0.1, 0.15) is 0 Å². The molecule has 162 valence electrons. The fourth-order valence-corrected chi connectivity index (χ4v) is 4.23. The molecule has 8 nitrogen and oxygen atoms in total. The number of hydrogen-bond donors (Lipinski definition) is 0. The standard InChI is InChI=1S/C24H24N6O2/c1-15-9-10-20(30-25-11-12-26-30)19(14-15)24(31)29-13-5-8-21(29)22-27-23(32-28-22)18-7-4-6-16(2)17(18)3/h4,6-7,9-12,14,21H,5,8,13H2,1-3H3/t21-/m0/s1. The largest absolute Gasteiger partial charge is 0.334 e. The van der Waals surface area contributed by atoms with E-state index in [4.69, 9.17) is 4.52 Å². The highest BCUT2D eigenvalue weighted by Gasteiger charge is 2.35. The van der Waals surface area contributed by atoms with Crippen molar-refractivity contribution in [3.63, 3.8) is 0 Å². The lowest BCUT2D eigenvalue weighted by molar-refractivity contribution is 0.0728. The van der Waals surface area contributed by atoms with E-state index >= 15 is 0 Å². The molecular formula is C24H24N6O2. The van der Waals surface area contributed by atoms with E-state index in [0.29, 0.717) is 29.5 Å². The van der Waals surface area contributed by atoms with Crippen molar-refractivity contribution in [2.45, 2.75) is 39.7 Å². The molecule has 3 heterocycles. The van der Waals surface area contributed by atoms with Crippen molar-refractivity contribution in [1.82, 2.24) is 30.0 Å². The zero-order chi connectivity index (χ0) is 22.2. The summed E-state index contributed by atoms with van der Waals surface area (Å²) in [5.41, 5.74) is 5.41. The number of carbonyl (C=O) groups excluding carboxylic acids is 1. The second kappa shape index (κ2) is 8.03. The Hall–Kier alpha value is -3.81. The van der Waals surface area contributed by atoms with Crippen LogP contribution in [0.25, 0.3) is 17.1 Å². The Morgan fingerprint density at radius 3 is 2.72 bits per heavy atom. The number of carbonyl (C=O) groups is 1. The van der Waals surface area contributed by atoms with Gasteiger partial charge in [-0.15, -0.1) is 0 Å². The summed E-state index contributed by atoms with van der Waals surface area (Å²) < 4.78 is 5.61. The highest BCUT2D eigenvalue weighted by Crippen LogP contribution is 2.34. The molecule has 1 aliphatic rings. The molecule has 2 aromatic heterocycles. The van der Waals surface area contributed by atoms with E-state index in [-0.39, 0.29) is 11.9 Å². The lowest BCUT2D eigenvalue weighted by atomic mass is 10.0. The first-order chi connectivity index (χ1) is 15.5. The first-order valence-electron chi connectivity index (χ1n) is 10.7. The Balaban J connectivity index is 1.48. The van der Waals surface area contributed by atoms with Crippen molar-refractivity contribution in [3.8, 4) is 17.1 Å². The first kappa shape index (κ1) is 20.1. The minimum absolute atomic E-state index is 0.0819. The predicted octanol–water partition coefficient (Wildman–Crippen LogP) is 4.22.